The lowest BCUT2D eigenvalue weighted by Gasteiger charge is -2.06. The van der Waals surface area contributed by atoms with Crippen LogP contribution < -0.4 is 10.6 Å². The second kappa shape index (κ2) is 8.66. The summed E-state index contributed by atoms with van der Waals surface area (Å²) in [7, 11) is 0. The van der Waals surface area contributed by atoms with Gasteiger partial charge < -0.3 is 10.6 Å². The molecule has 0 unspecified atom stereocenters. The smallest absolute Gasteiger partial charge is 0.268 e. The van der Waals surface area contributed by atoms with Gasteiger partial charge in [0.1, 0.15) is 17.5 Å². The third-order valence-electron chi connectivity index (χ3n) is 4.61. The summed E-state index contributed by atoms with van der Waals surface area (Å²) in [5.74, 6) is -0.683. The molecule has 0 saturated heterocycles. The van der Waals surface area contributed by atoms with Gasteiger partial charge in [0.05, 0.1) is 5.70 Å². The number of benzene rings is 3. The van der Waals surface area contributed by atoms with Crippen LogP contribution in [0.25, 0.3) is 5.70 Å². The quantitative estimate of drug-likeness (QED) is 0.480. The second-order valence-corrected chi connectivity index (χ2v) is 7.06. The molecule has 2 N–H and O–H groups in total. The molecule has 0 fully saturated rings. The number of carbonyl (C=O) groups excluding carboxylic acids is 2. The molecule has 7 heteroatoms. The highest BCUT2D eigenvalue weighted by Crippen LogP contribution is 2.31. The summed E-state index contributed by atoms with van der Waals surface area (Å²) in [5, 5.41) is 15.7. The first-order chi connectivity index (χ1) is 15.1. The lowest BCUT2D eigenvalue weighted by Crippen LogP contribution is -2.30. The van der Waals surface area contributed by atoms with Crippen molar-refractivity contribution in [1.29, 1.82) is 5.26 Å². The number of para-hydroxylation sites is 1. The van der Waals surface area contributed by atoms with E-state index in [9.17, 15) is 14.9 Å². The number of amides is 2. The Labute approximate surface area is 183 Å². The van der Waals surface area contributed by atoms with Crippen molar-refractivity contribution in [3.8, 4) is 6.07 Å². The Morgan fingerprint density at radius 1 is 0.839 bits per heavy atom. The van der Waals surface area contributed by atoms with Crippen LogP contribution in [-0.4, -0.2) is 17.6 Å². The number of fused-ring (bicyclic) bond motifs is 1. The summed E-state index contributed by atoms with van der Waals surface area (Å²) in [6.45, 7) is 0. The molecule has 4 rings (SSSR count). The molecule has 3 aromatic rings. The minimum atomic E-state index is -0.576. The van der Waals surface area contributed by atoms with Crippen LogP contribution in [0.15, 0.2) is 89.4 Å². The molecule has 150 valence electrons. The highest BCUT2D eigenvalue weighted by molar-refractivity contribution is 6.30. The van der Waals surface area contributed by atoms with Crippen LogP contribution in [0.1, 0.15) is 21.5 Å². The van der Waals surface area contributed by atoms with Gasteiger partial charge in [0.25, 0.3) is 11.8 Å². The van der Waals surface area contributed by atoms with Crippen molar-refractivity contribution in [3.63, 3.8) is 0 Å². The van der Waals surface area contributed by atoms with Crippen molar-refractivity contribution in [3.05, 3.63) is 106 Å². The van der Waals surface area contributed by atoms with E-state index in [1.807, 2.05) is 12.1 Å². The fraction of sp³-hybridized carbons (Fsp3) is 0. The summed E-state index contributed by atoms with van der Waals surface area (Å²) in [5.41, 5.74) is 2.25. The predicted octanol–water partition coefficient (Wildman–Crippen LogP) is 4.40. The van der Waals surface area contributed by atoms with Crippen LogP contribution >= 0.6 is 11.6 Å². The van der Waals surface area contributed by atoms with Crippen molar-refractivity contribution in [2.45, 2.75) is 0 Å². The molecule has 0 radical (unpaired) electrons. The maximum atomic E-state index is 12.8. The maximum absolute atomic E-state index is 12.8. The third kappa shape index (κ3) is 4.22. The molecule has 2 amide bonds. The van der Waals surface area contributed by atoms with E-state index >= 15 is 0 Å². The number of nitrogens with one attached hydrogen (secondary N) is 2. The van der Waals surface area contributed by atoms with Crippen molar-refractivity contribution in [2.75, 3.05) is 5.32 Å². The van der Waals surface area contributed by atoms with Crippen molar-refractivity contribution >= 4 is 40.6 Å². The van der Waals surface area contributed by atoms with Crippen LogP contribution in [-0.2, 0) is 4.79 Å². The Kier molecular flexibility index (Phi) is 5.61. The molecule has 0 spiro atoms. The maximum Gasteiger partial charge on any atom is 0.268 e. The number of aliphatic imine (C=N–C) groups is 1. The minimum Gasteiger partial charge on any atom is -0.321 e. The Hall–Kier alpha value is -4.21. The van der Waals surface area contributed by atoms with Gasteiger partial charge in [0, 0.05) is 27.4 Å². The van der Waals surface area contributed by atoms with Gasteiger partial charge in [-0.25, -0.2) is 4.99 Å². The van der Waals surface area contributed by atoms with E-state index in [1.54, 1.807) is 72.8 Å². The molecular formula is C24H15ClN4O2. The Bertz CT molecular complexity index is 1270. The Morgan fingerprint density at radius 2 is 1.48 bits per heavy atom. The van der Waals surface area contributed by atoms with Gasteiger partial charge >= 0.3 is 0 Å². The standard InChI is InChI=1S/C24H15ClN4O2/c25-16-12-10-15(11-13-16)23(30)29-22-19-9-5-4-8-18(19)21(28-22)20(14-26)24(31)27-17-6-2-1-3-7-17/h1-13H,(H,27,31)(H,28,29,30). The lowest BCUT2D eigenvalue weighted by molar-refractivity contribution is -0.112. The zero-order valence-corrected chi connectivity index (χ0v) is 16.9. The normalized spacial score (nSPS) is 13.5. The lowest BCUT2D eigenvalue weighted by atomic mass is 10.0. The molecule has 0 aliphatic carbocycles. The van der Waals surface area contributed by atoms with Gasteiger partial charge in [-0.3, -0.25) is 9.59 Å². The number of halogens is 1. The molecule has 6 nitrogen and oxygen atoms in total. The molecule has 0 aromatic heterocycles. The number of nitriles is 1. The number of rotatable bonds is 3. The molecule has 1 heterocycles. The van der Waals surface area contributed by atoms with E-state index in [4.69, 9.17) is 11.6 Å². The van der Waals surface area contributed by atoms with E-state index in [-0.39, 0.29) is 23.0 Å². The molecule has 3 aromatic carbocycles. The van der Waals surface area contributed by atoms with Crippen LogP contribution in [0.2, 0.25) is 5.02 Å². The molecule has 31 heavy (non-hydrogen) atoms. The van der Waals surface area contributed by atoms with Crippen LogP contribution in [0.3, 0.4) is 0 Å². The van der Waals surface area contributed by atoms with Crippen molar-refractivity contribution in [2.24, 2.45) is 4.99 Å². The highest BCUT2D eigenvalue weighted by Gasteiger charge is 2.27. The molecule has 0 saturated carbocycles. The monoisotopic (exact) mass is 426 g/mol. The average molecular weight is 427 g/mol. The van der Waals surface area contributed by atoms with Gasteiger partial charge in [-0.2, -0.15) is 5.26 Å². The number of nitrogens with zero attached hydrogens (tertiary/aromatic N) is 2. The highest BCUT2D eigenvalue weighted by atomic mass is 35.5. The number of amidine groups is 1. The molecule has 0 bridgehead atoms. The number of anilines is 1. The first-order valence-corrected chi connectivity index (χ1v) is 9.71. The Morgan fingerprint density at radius 3 is 2.16 bits per heavy atom. The van der Waals surface area contributed by atoms with E-state index in [0.717, 1.165) is 0 Å². The Balaban J connectivity index is 1.69. The van der Waals surface area contributed by atoms with Gasteiger partial charge in [-0.15, -0.1) is 0 Å². The fourth-order valence-electron chi connectivity index (χ4n) is 3.12. The number of hydrogen-bond acceptors (Lipinski definition) is 4. The molecule has 1 aliphatic heterocycles. The molecular weight excluding hydrogens is 412 g/mol. The second-order valence-electron chi connectivity index (χ2n) is 6.62. The summed E-state index contributed by atoms with van der Waals surface area (Å²) in [6, 6.07) is 24.3. The summed E-state index contributed by atoms with van der Waals surface area (Å²) in [6.07, 6.45) is 0. The molecule has 1 aliphatic rings. The largest absolute Gasteiger partial charge is 0.321 e. The summed E-state index contributed by atoms with van der Waals surface area (Å²) in [4.78, 5) is 29.8. The minimum absolute atomic E-state index is 0.146. The van der Waals surface area contributed by atoms with Crippen LogP contribution in [0, 0.1) is 11.3 Å². The average Bonchev–Trinajstić information content (AvgIpc) is 3.13. The van der Waals surface area contributed by atoms with Crippen LogP contribution in [0.4, 0.5) is 5.69 Å². The van der Waals surface area contributed by atoms with Gasteiger partial charge in [-0.05, 0) is 36.4 Å². The van der Waals surface area contributed by atoms with E-state index < -0.39 is 5.91 Å². The van der Waals surface area contributed by atoms with E-state index in [0.29, 0.717) is 27.4 Å². The van der Waals surface area contributed by atoms with Gasteiger partial charge in [-0.1, -0.05) is 54.1 Å². The first kappa shape index (κ1) is 20.1. The van der Waals surface area contributed by atoms with Gasteiger partial charge in [0.2, 0.25) is 0 Å². The first-order valence-electron chi connectivity index (χ1n) is 9.33. The van der Waals surface area contributed by atoms with Crippen molar-refractivity contribution < 1.29 is 9.59 Å². The molecule has 0 atom stereocenters. The number of hydrogen-bond donors (Lipinski definition) is 2. The topological polar surface area (TPSA) is 94.3 Å². The zero-order valence-electron chi connectivity index (χ0n) is 16.1. The summed E-state index contributed by atoms with van der Waals surface area (Å²) >= 11 is 5.88. The summed E-state index contributed by atoms with van der Waals surface area (Å²) < 4.78 is 0. The van der Waals surface area contributed by atoms with Crippen LogP contribution in [0.5, 0.6) is 0 Å². The fourth-order valence-corrected chi connectivity index (χ4v) is 3.25. The third-order valence-corrected chi connectivity index (χ3v) is 4.86. The van der Waals surface area contributed by atoms with E-state index in [2.05, 4.69) is 15.6 Å². The van der Waals surface area contributed by atoms with Crippen molar-refractivity contribution in [1.82, 2.24) is 5.32 Å². The number of carbonyl (C=O) groups is 2. The zero-order chi connectivity index (χ0) is 21.8. The van der Waals surface area contributed by atoms with Gasteiger partial charge in [0.15, 0.2) is 0 Å². The van der Waals surface area contributed by atoms with E-state index in [1.165, 1.54) is 0 Å². The SMILES string of the molecule is N#CC(C(=O)Nc1ccccc1)=C1N=C(NC(=O)c2ccc(Cl)cc2)c2ccccc21. The predicted molar refractivity (Wildman–Crippen MR) is 120 cm³/mol.